The third-order valence-corrected chi connectivity index (χ3v) is 7.16. The lowest BCUT2D eigenvalue weighted by molar-refractivity contribution is -0.138. The van der Waals surface area contributed by atoms with Gasteiger partial charge >= 0.3 is 12.1 Å². The lowest BCUT2D eigenvalue weighted by Gasteiger charge is -2.25. The van der Waals surface area contributed by atoms with Crippen molar-refractivity contribution in [1.29, 1.82) is 0 Å². The fraction of sp³-hybridized carbons (Fsp3) is 0.375. The number of carboxylic acids is 1. The molecule has 38 heavy (non-hydrogen) atoms. The van der Waals surface area contributed by atoms with Crippen LogP contribution in [-0.4, -0.2) is 48.3 Å². The van der Waals surface area contributed by atoms with E-state index in [0.717, 1.165) is 72.3 Å². The molecule has 3 aromatic rings. The molecule has 0 aromatic heterocycles. The molecule has 6 heteroatoms. The highest BCUT2D eigenvalue weighted by molar-refractivity contribution is 5.79. The van der Waals surface area contributed by atoms with Gasteiger partial charge in [-0.3, -0.25) is 9.69 Å². The van der Waals surface area contributed by atoms with Gasteiger partial charge in [-0.1, -0.05) is 87.4 Å². The van der Waals surface area contributed by atoms with Gasteiger partial charge in [0.25, 0.3) is 0 Å². The Bertz CT molecular complexity index is 1170. The summed E-state index contributed by atoms with van der Waals surface area (Å²) < 4.78 is 5.74. The van der Waals surface area contributed by atoms with Crippen molar-refractivity contribution in [3.63, 3.8) is 0 Å². The van der Waals surface area contributed by atoms with Crippen molar-refractivity contribution < 1.29 is 19.4 Å². The van der Waals surface area contributed by atoms with E-state index in [2.05, 4.69) is 55.1 Å². The second-order valence-electron chi connectivity index (χ2n) is 9.91. The Morgan fingerprint density at radius 3 is 1.89 bits per heavy atom. The van der Waals surface area contributed by atoms with Gasteiger partial charge in [0.05, 0.1) is 0 Å². The quantitative estimate of drug-likeness (QED) is 0.268. The van der Waals surface area contributed by atoms with Gasteiger partial charge in [0, 0.05) is 31.2 Å². The number of carbonyl (C=O) groups is 2. The summed E-state index contributed by atoms with van der Waals surface area (Å²) in [6, 6.07) is 24.4. The van der Waals surface area contributed by atoms with Gasteiger partial charge in [-0.2, -0.15) is 0 Å². The Morgan fingerprint density at radius 2 is 1.37 bits per heavy atom. The van der Waals surface area contributed by atoms with Crippen LogP contribution in [0.4, 0.5) is 10.5 Å². The Kier molecular flexibility index (Phi) is 9.41. The summed E-state index contributed by atoms with van der Waals surface area (Å²) in [5.74, 6) is -1.14. The van der Waals surface area contributed by atoms with E-state index in [0.29, 0.717) is 0 Å². The molecule has 1 aliphatic carbocycles. The first-order chi connectivity index (χ1) is 18.5. The van der Waals surface area contributed by atoms with Gasteiger partial charge in [-0.05, 0) is 52.8 Å². The van der Waals surface area contributed by atoms with Crippen molar-refractivity contribution in [2.75, 3.05) is 31.1 Å². The SMILES string of the molecule is CCCCN(CCCC)c1ccc(CN(CC(=O)O)C(=O)OCC2c3ccccc3-c3ccccc32)cc1. The van der Waals surface area contributed by atoms with Crippen molar-refractivity contribution in [1.82, 2.24) is 4.90 Å². The number of benzene rings is 3. The van der Waals surface area contributed by atoms with E-state index in [9.17, 15) is 14.7 Å². The van der Waals surface area contributed by atoms with Gasteiger partial charge in [0.15, 0.2) is 0 Å². The van der Waals surface area contributed by atoms with Crippen molar-refractivity contribution in [2.24, 2.45) is 0 Å². The molecule has 0 bridgehead atoms. The van der Waals surface area contributed by atoms with E-state index in [4.69, 9.17) is 4.74 Å². The van der Waals surface area contributed by atoms with Crippen molar-refractivity contribution in [2.45, 2.75) is 52.0 Å². The van der Waals surface area contributed by atoms with Crippen LogP contribution in [0, 0.1) is 0 Å². The van der Waals surface area contributed by atoms with E-state index >= 15 is 0 Å². The fourth-order valence-corrected chi connectivity index (χ4v) is 5.13. The zero-order valence-corrected chi connectivity index (χ0v) is 22.4. The minimum atomic E-state index is -1.07. The van der Waals surface area contributed by atoms with Crippen LogP contribution in [-0.2, 0) is 16.1 Å². The van der Waals surface area contributed by atoms with Crippen molar-refractivity contribution in [3.8, 4) is 11.1 Å². The number of nitrogens with zero attached hydrogens (tertiary/aromatic N) is 2. The molecule has 0 fully saturated rings. The summed E-state index contributed by atoms with van der Waals surface area (Å²) in [4.78, 5) is 28.3. The van der Waals surface area contributed by atoms with Crippen molar-refractivity contribution >= 4 is 17.7 Å². The number of aliphatic carboxylic acids is 1. The monoisotopic (exact) mass is 514 g/mol. The smallest absolute Gasteiger partial charge is 0.410 e. The molecule has 1 amide bonds. The Balaban J connectivity index is 1.44. The first-order valence-corrected chi connectivity index (χ1v) is 13.7. The van der Waals surface area contributed by atoms with Crippen LogP contribution in [0.15, 0.2) is 72.8 Å². The first-order valence-electron chi connectivity index (χ1n) is 13.7. The number of ether oxygens (including phenoxy) is 1. The van der Waals surface area contributed by atoms with Crippen LogP contribution in [0.1, 0.15) is 62.1 Å². The predicted octanol–water partition coefficient (Wildman–Crippen LogP) is 6.93. The molecule has 0 heterocycles. The lowest BCUT2D eigenvalue weighted by Crippen LogP contribution is -2.36. The number of hydrogen-bond donors (Lipinski definition) is 1. The molecule has 1 aliphatic rings. The molecule has 0 unspecified atom stereocenters. The number of unbranched alkanes of at least 4 members (excludes halogenated alkanes) is 2. The molecule has 0 aliphatic heterocycles. The molecule has 0 radical (unpaired) electrons. The fourth-order valence-electron chi connectivity index (χ4n) is 5.13. The first kappa shape index (κ1) is 27.2. The number of carboxylic acid groups (broad SMARTS) is 1. The summed E-state index contributed by atoms with van der Waals surface area (Å²) in [6.07, 6.45) is 3.95. The molecule has 6 nitrogen and oxygen atoms in total. The van der Waals surface area contributed by atoms with Gasteiger partial charge < -0.3 is 14.7 Å². The molecule has 4 rings (SSSR count). The Morgan fingerprint density at radius 1 is 0.816 bits per heavy atom. The predicted molar refractivity (Wildman–Crippen MR) is 152 cm³/mol. The highest BCUT2D eigenvalue weighted by Gasteiger charge is 2.30. The molecule has 0 spiro atoms. The normalized spacial score (nSPS) is 12.1. The topological polar surface area (TPSA) is 70.1 Å². The largest absolute Gasteiger partial charge is 0.480 e. The number of fused-ring (bicyclic) bond motifs is 3. The van der Waals surface area contributed by atoms with Crippen molar-refractivity contribution in [3.05, 3.63) is 89.5 Å². The summed E-state index contributed by atoms with van der Waals surface area (Å²) in [7, 11) is 0. The number of hydrogen-bond acceptors (Lipinski definition) is 4. The minimum absolute atomic E-state index is 0.0745. The number of amides is 1. The van der Waals surface area contributed by atoms with Crippen LogP contribution in [0.25, 0.3) is 11.1 Å². The number of carbonyl (C=O) groups excluding carboxylic acids is 1. The summed E-state index contributed by atoms with van der Waals surface area (Å²) in [5.41, 5.74) is 6.57. The van der Waals surface area contributed by atoms with Gasteiger partial charge in [0.2, 0.25) is 0 Å². The lowest BCUT2D eigenvalue weighted by atomic mass is 9.98. The zero-order chi connectivity index (χ0) is 26.9. The summed E-state index contributed by atoms with van der Waals surface area (Å²) in [5, 5.41) is 9.48. The second kappa shape index (κ2) is 13.1. The van der Waals surface area contributed by atoms with Crippen LogP contribution >= 0.6 is 0 Å². The van der Waals surface area contributed by atoms with Gasteiger partial charge in [-0.15, -0.1) is 0 Å². The van der Waals surface area contributed by atoms with E-state index in [1.807, 2.05) is 36.4 Å². The molecular formula is C32H38N2O4. The molecule has 200 valence electrons. The standard InChI is InChI=1S/C32H38N2O4/c1-3-5-19-33(20-6-4-2)25-17-15-24(16-18-25)21-34(22-31(35)36)32(37)38-23-30-28-13-9-7-11-26(28)27-12-8-10-14-29(27)30/h7-18,30H,3-6,19-23H2,1-2H3,(H,35,36). The van der Waals surface area contributed by atoms with E-state index in [1.54, 1.807) is 0 Å². The Labute approximate surface area is 225 Å². The maximum absolute atomic E-state index is 13.1. The van der Waals surface area contributed by atoms with Crippen LogP contribution in [0.2, 0.25) is 0 Å². The maximum atomic E-state index is 13.1. The van der Waals surface area contributed by atoms with Gasteiger partial charge in [-0.25, -0.2) is 4.79 Å². The van der Waals surface area contributed by atoms with E-state index < -0.39 is 18.6 Å². The summed E-state index contributed by atoms with van der Waals surface area (Å²) in [6.45, 7) is 6.33. The van der Waals surface area contributed by atoms with E-state index in [-0.39, 0.29) is 19.1 Å². The maximum Gasteiger partial charge on any atom is 0.410 e. The third kappa shape index (κ3) is 6.55. The Hall–Kier alpha value is -3.80. The highest BCUT2D eigenvalue weighted by Crippen LogP contribution is 2.44. The number of rotatable bonds is 13. The van der Waals surface area contributed by atoms with Crippen LogP contribution < -0.4 is 4.90 Å². The third-order valence-electron chi connectivity index (χ3n) is 7.16. The van der Waals surface area contributed by atoms with E-state index in [1.165, 1.54) is 4.90 Å². The average Bonchev–Trinajstić information content (AvgIpc) is 3.25. The number of anilines is 1. The molecule has 1 N–H and O–H groups in total. The second-order valence-corrected chi connectivity index (χ2v) is 9.91. The molecule has 0 atom stereocenters. The van der Waals surface area contributed by atoms with Gasteiger partial charge in [0.1, 0.15) is 13.2 Å². The minimum Gasteiger partial charge on any atom is -0.480 e. The van der Waals surface area contributed by atoms with Crippen LogP contribution in [0.5, 0.6) is 0 Å². The molecule has 0 saturated heterocycles. The van der Waals surface area contributed by atoms with Crippen LogP contribution in [0.3, 0.4) is 0 Å². The highest BCUT2D eigenvalue weighted by atomic mass is 16.6. The zero-order valence-electron chi connectivity index (χ0n) is 22.4. The summed E-state index contributed by atoms with van der Waals surface area (Å²) >= 11 is 0. The average molecular weight is 515 g/mol. The molecule has 0 saturated carbocycles. The molecular weight excluding hydrogens is 476 g/mol. The molecule has 3 aromatic carbocycles.